The van der Waals surface area contributed by atoms with Crippen LogP contribution in [-0.4, -0.2) is 17.1 Å². The predicted molar refractivity (Wildman–Crippen MR) is 82.8 cm³/mol. The maximum Gasteiger partial charge on any atom is 0.338 e. The zero-order valence-electron chi connectivity index (χ0n) is 10.4. The van der Waals surface area contributed by atoms with Gasteiger partial charge in [-0.3, -0.25) is 5.32 Å². The van der Waals surface area contributed by atoms with Crippen molar-refractivity contribution in [1.29, 1.82) is 0 Å². The monoisotopic (exact) mass is 354 g/mol. The molecule has 7 heteroatoms. The molecule has 0 saturated carbocycles. The molecule has 0 aliphatic heterocycles. The van der Waals surface area contributed by atoms with Crippen molar-refractivity contribution in [3.8, 4) is 0 Å². The first-order chi connectivity index (χ1) is 9.47. The molecule has 0 aliphatic rings. The fraction of sp³-hybridized carbons (Fsp3) is 0.0769. The van der Waals surface area contributed by atoms with Crippen molar-refractivity contribution < 1.29 is 14.7 Å². The van der Waals surface area contributed by atoms with Crippen LogP contribution in [-0.2, 0) is 0 Å². The summed E-state index contributed by atoms with van der Waals surface area (Å²) in [6, 6.07) is 6.50. The molecule has 0 atom stereocenters. The smallest absolute Gasteiger partial charge is 0.338 e. The highest BCUT2D eigenvalue weighted by Gasteiger charge is 2.14. The zero-order valence-corrected chi connectivity index (χ0v) is 12.8. The van der Waals surface area contributed by atoms with Crippen LogP contribution in [0.1, 0.15) is 15.9 Å². The summed E-state index contributed by atoms with van der Waals surface area (Å²) in [5.41, 5.74) is 1.65. The van der Waals surface area contributed by atoms with Gasteiger partial charge in [-0.1, -0.05) is 22.0 Å². The Hall–Kier alpha value is -1.86. The van der Waals surface area contributed by atoms with Gasteiger partial charge in [-0.25, -0.2) is 9.59 Å². The topological polar surface area (TPSA) is 78.4 Å². The minimum absolute atomic E-state index is 0.0797. The molecule has 1 aromatic carbocycles. The van der Waals surface area contributed by atoms with E-state index in [9.17, 15) is 9.59 Å². The number of amides is 2. The van der Waals surface area contributed by atoms with Crippen LogP contribution >= 0.6 is 27.3 Å². The number of aromatic carboxylic acids is 1. The summed E-state index contributed by atoms with van der Waals surface area (Å²) < 4.78 is 0.848. The van der Waals surface area contributed by atoms with Gasteiger partial charge in [0.1, 0.15) is 5.00 Å². The van der Waals surface area contributed by atoms with E-state index in [1.54, 1.807) is 11.4 Å². The molecule has 0 fully saturated rings. The van der Waals surface area contributed by atoms with Crippen molar-refractivity contribution in [2.75, 3.05) is 10.6 Å². The highest BCUT2D eigenvalue weighted by atomic mass is 79.9. The van der Waals surface area contributed by atoms with E-state index >= 15 is 0 Å². The second kappa shape index (κ2) is 6.06. The van der Waals surface area contributed by atoms with E-state index in [4.69, 9.17) is 5.11 Å². The van der Waals surface area contributed by atoms with Crippen LogP contribution in [0.4, 0.5) is 15.5 Å². The van der Waals surface area contributed by atoms with E-state index < -0.39 is 12.0 Å². The van der Waals surface area contributed by atoms with Gasteiger partial charge in [-0.05, 0) is 36.1 Å². The Morgan fingerprint density at radius 2 is 2.00 bits per heavy atom. The predicted octanol–water partition coefficient (Wildman–Crippen LogP) is 4.16. The van der Waals surface area contributed by atoms with Gasteiger partial charge in [0.05, 0.1) is 5.56 Å². The Balaban J connectivity index is 2.11. The number of urea groups is 1. The van der Waals surface area contributed by atoms with Gasteiger partial charge < -0.3 is 10.4 Å². The first-order valence-corrected chi connectivity index (χ1v) is 7.29. The van der Waals surface area contributed by atoms with Gasteiger partial charge in [0.15, 0.2) is 0 Å². The fourth-order valence-corrected chi connectivity index (χ4v) is 2.70. The number of carbonyl (C=O) groups excluding carboxylic acids is 1. The van der Waals surface area contributed by atoms with E-state index in [-0.39, 0.29) is 5.56 Å². The normalized spacial score (nSPS) is 10.1. The number of carboxylic acids is 1. The maximum atomic E-state index is 11.9. The Morgan fingerprint density at radius 1 is 1.25 bits per heavy atom. The summed E-state index contributed by atoms with van der Waals surface area (Å²) in [5.74, 6) is -1.07. The first-order valence-electron chi connectivity index (χ1n) is 5.62. The fourth-order valence-electron chi connectivity index (χ4n) is 1.56. The number of carbonyl (C=O) groups is 2. The van der Waals surface area contributed by atoms with Crippen molar-refractivity contribution in [3.05, 3.63) is 45.2 Å². The molecule has 3 N–H and O–H groups in total. The average molecular weight is 355 g/mol. The van der Waals surface area contributed by atoms with E-state index in [0.29, 0.717) is 10.7 Å². The van der Waals surface area contributed by atoms with Crippen LogP contribution in [0.2, 0.25) is 0 Å². The van der Waals surface area contributed by atoms with Crippen molar-refractivity contribution in [1.82, 2.24) is 0 Å². The van der Waals surface area contributed by atoms with Crippen LogP contribution < -0.4 is 10.6 Å². The van der Waals surface area contributed by atoms with Crippen LogP contribution in [0.15, 0.2) is 34.1 Å². The molecule has 1 aromatic heterocycles. The molecular formula is C13H11BrN2O3S. The minimum Gasteiger partial charge on any atom is -0.478 e. The Morgan fingerprint density at radius 3 is 2.70 bits per heavy atom. The third kappa shape index (κ3) is 3.37. The van der Waals surface area contributed by atoms with E-state index in [0.717, 1.165) is 21.4 Å². The first kappa shape index (κ1) is 14.5. The molecule has 5 nitrogen and oxygen atoms in total. The number of aryl methyl sites for hydroxylation is 1. The minimum atomic E-state index is -1.07. The van der Waals surface area contributed by atoms with Crippen molar-refractivity contribution in [2.24, 2.45) is 0 Å². The lowest BCUT2D eigenvalue weighted by atomic mass is 10.2. The third-order valence-electron chi connectivity index (χ3n) is 2.57. The largest absolute Gasteiger partial charge is 0.478 e. The highest BCUT2D eigenvalue weighted by molar-refractivity contribution is 9.10. The van der Waals surface area contributed by atoms with Crippen LogP contribution in [0, 0.1) is 6.92 Å². The third-order valence-corrected chi connectivity index (χ3v) is 3.89. The molecule has 2 aromatic rings. The van der Waals surface area contributed by atoms with Crippen LogP contribution in [0.25, 0.3) is 0 Å². The molecule has 2 rings (SSSR count). The second-order valence-corrected chi connectivity index (χ2v) is 5.84. The molecule has 20 heavy (non-hydrogen) atoms. The molecule has 0 radical (unpaired) electrons. The molecule has 0 spiro atoms. The lowest BCUT2D eigenvalue weighted by Gasteiger charge is -2.09. The van der Waals surface area contributed by atoms with E-state index in [2.05, 4.69) is 26.6 Å². The van der Waals surface area contributed by atoms with Gasteiger partial charge in [0.2, 0.25) is 0 Å². The van der Waals surface area contributed by atoms with Crippen molar-refractivity contribution >= 4 is 50.0 Å². The maximum absolute atomic E-state index is 11.9. The Labute approximate surface area is 127 Å². The van der Waals surface area contributed by atoms with Crippen LogP contribution in [0.3, 0.4) is 0 Å². The summed E-state index contributed by atoms with van der Waals surface area (Å²) in [5, 5.41) is 16.1. The van der Waals surface area contributed by atoms with Gasteiger partial charge in [0, 0.05) is 10.2 Å². The average Bonchev–Trinajstić information content (AvgIpc) is 2.82. The molecule has 104 valence electrons. The molecule has 1 heterocycles. The van der Waals surface area contributed by atoms with E-state index in [1.807, 2.05) is 19.1 Å². The number of hydrogen-bond donors (Lipinski definition) is 3. The van der Waals surface area contributed by atoms with Crippen molar-refractivity contribution in [3.63, 3.8) is 0 Å². The van der Waals surface area contributed by atoms with Gasteiger partial charge >= 0.3 is 12.0 Å². The quantitative estimate of drug-likeness (QED) is 0.774. The number of rotatable bonds is 3. The summed E-state index contributed by atoms with van der Waals surface area (Å²) in [7, 11) is 0. The molecule has 0 unspecified atom stereocenters. The molecular weight excluding hydrogens is 344 g/mol. The Kier molecular flexibility index (Phi) is 4.41. The lowest BCUT2D eigenvalue weighted by molar-refractivity contribution is 0.0698. The summed E-state index contributed by atoms with van der Waals surface area (Å²) in [4.78, 5) is 22.8. The van der Waals surface area contributed by atoms with E-state index in [1.165, 1.54) is 6.07 Å². The summed E-state index contributed by atoms with van der Waals surface area (Å²) in [6.07, 6.45) is 0. The summed E-state index contributed by atoms with van der Waals surface area (Å²) in [6.45, 7) is 1.87. The van der Waals surface area contributed by atoms with Gasteiger partial charge in [0.25, 0.3) is 0 Å². The van der Waals surface area contributed by atoms with Gasteiger partial charge in [-0.15, -0.1) is 11.3 Å². The standard InChI is InChI=1S/C13H11BrN2O3S/c1-7-2-3-8(14)6-10(7)15-13(19)16-11-9(12(17)18)4-5-20-11/h2-6H,1H3,(H,17,18)(H2,15,16,19). The molecule has 0 bridgehead atoms. The van der Waals surface area contributed by atoms with Crippen LogP contribution in [0.5, 0.6) is 0 Å². The molecule has 0 aliphatic carbocycles. The number of hydrogen-bond acceptors (Lipinski definition) is 3. The van der Waals surface area contributed by atoms with Crippen molar-refractivity contribution in [2.45, 2.75) is 6.92 Å². The summed E-state index contributed by atoms with van der Waals surface area (Å²) >= 11 is 4.49. The number of benzene rings is 1. The number of anilines is 2. The van der Waals surface area contributed by atoms with Gasteiger partial charge in [-0.2, -0.15) is 0 Å². The molecule has 0 saturated heterocycles. The highest BCUT2D eigenvalue weighted by Crippen LogP contribution is 2.24. The second-order valence-electron chi connectivity index (χ2n) is 4.01. The number of halogens is 1. The SMILES string of the molecule is Cc1ccc(Br)cc1NC(=O)Nc1sccc1C(=O)O. The number of nitrogens with one attached hydrogen (secondary N) is 2. The molecule has 2 amide bonds. The number of carboxylic acid groups (broad SMARTS) is 1. The Bertz CT molecular complexity index is 669. The lowest BCUT2D eigenvalue weighted by Crippen LogP contribution is -2.20. The zero-order chi connectivity index (χ0) is 14.7. The number of thiophene rings is 1.